The number of benzene rings is 1. The van der Waals surface area contributed by atoms with Crippen molar-refractivity contribution >= 4 is 5.91 Å². The van der Waals surface area contributed by atoms with E-state index < -0.39 is 0 Å². The predicted octanol–water partition coefficient (Wildman–Crippen LogP) is 2.19. The van der Waals surface area contributed by atoms with Gasteiger partial charge in [-0.05, 0) is 30.0 Å². The van der Waals surface area contributed by atoms with E-state index in [1.165, 1.54) is 12.1 Å². The molecule has 4 nitrogen and oxygen atoms in total. The Morgan fingerprint density at radius 3 is 2.78 bits per heavy atom. The van der Waals surface area contributed by atoms with Gasteiger partial charge in [0.1, 0.15) is 5.82 Å². The van der Waals surface area contributed by atoms with E-state index in [0.717, 1.165) is 31.6 Å². The number of likely N-dealkylation sites (tertiary alicyclic amines) is 1. The Morgan fingerprint density at radius 1 is 1.35 bits per heavy atom. The van der Waals surface area contributed by atoms with E-state index in [0.29, 0.717) is 12.5 Å². The van der Waals surface area contributed by atoms with Crippen LogP contribution >= 0.6 is 0 Å². The molecule has 2 fully saturated rings. The molecule has 3 rings (SSSR count). The van der Waals surface area contributed by atoms with Gasteiger partial charge in [-0.25, -0.2) is 4.39 Å². The highest BCUT2D eigenvalue weighted by molar-refractivity contribution is 5.79. The zero-order valence-electron chi connectivity index (χ0n) is 13.8. The Labute approximate surface area is 137 Å². The van der Waals surface area contributed by atoms with Crippen LogP contribution in [0.1, 0.15) is 25.8 Å². The first-order chi connectivity index (χ1) is 11.0. The summed E-state index contributed by atoms with van der Waals surface area (Å²) in [6, 6.07) is 6.62. The molecule has 2 aliphatic heterocycles. The van der Waals surface area contributed by atoms with Gasteiger partial charge >= 0.3 is 0 Å². The van der Waals surface area contributed by atoms with Crippen molar-refractivity contribution in [1.29, 1.82) is 0 Å². The second-order valence-electron chi connectivity index (χ2n) is 7.10. The minimum atomic E-state index is -0.210. The SMILES string of the molecule is CC(C)CNC(=O)[C@@H]1C[C@H]2CN(Cc3ccc(F)cc3)C[C@@H]1O2. The number of hydrogen-bond donors (Lipinski definition) is 1. The number of ether oxygens (including phenoxy) is 1. The summed E-state index contributed by atoms with van der Waals surface area (Å²) >= 11 is 0. The van der Waals surface area contributed by atoms with Crippen LogP contribution in [0, 0.1) is 17.7 Å². The minimum absolute atomic E-state index is 0.0265. The molecule has 23 heavy (non-hydrogen) atoms. The largest absolute Gasteiger partial charge is 0.371 e. The van der Waals surface area contributed by atoms with E-state index in [9.17, 15) is 9.18 Å². The van der Waals surface area contributed by atoms with Gasteiger partial charge in [-0.2, -0.15) is 0 Å². The first kappa shape index (κ1) is 16.4. The van der Waals surface area contributed by atoms with Crippen LogP contribution in [0.5, 0.6) is 0 Å². The fourth-order valence-corrected chi connectivity index (χ4v) is 3.43. The summed E-state index contributed by atoms with van der Waals surface area (Å²) in [6.07, 6.45) is 0.902. The van der Waals surface area contributed by atoms with E-state index in [1.54, 1.807) is 0 Å². The first-order valence-corrected chi connectivity index (χ1v) is 8.41. The molecule has 1 aromatic rings. The number of halogens is 1. The zero-order valence-corrected chi connectivity index (χ0v) is 13.8. The Hall–Kier alpha value is -1.46. The van der Waals surface area contributed by atoms with Crippen molar-refractivity contribution in [1.82, 2.24) is 10.2 Å². The maximum Gasteiger partial charge on any atom is 0.225 e. The first-order valence-electron chi connectivity index (χ1n) is 8.41. The molecular formula is C18H25FN2O2. The van der Waals surface area contributed by atoms with Crippen molar-refractivity contribution in [3.05, 3.63) is 35.6 Å². The second kappa shape index (κ2) is 6.97. The Kier molecular flexibility index (Phi) is 4.97. The lowest BCUT2D eigenvalue weighted by Crippen LogP contribution is -2.45. The van der Waals surface area contributed by atoms with Crippen LogP contribution in [-0.2, 0) is 16.1 Å². The summed E-state index contributed by atoms with van der Waals surface area (Å²) in [6.45, 7) is 7.26. The molecule has 2 heterocycles. The molecule has 0 radical (unpaired) electrons. The van der Waals surface area contributed by atoms with Crippen LogP contribution in [0.25, 0.3) is 0 Å². The summed E-state index contributed by atoms with van der Waals surface area (Å²) in [4.78, 5) is 14.7. The fourth-order valence-electron chi connectivity index (χ4n) is 3.43. The van der Waals surface area contributed by atoms with E-state index in [2.05, 4.69) is 24.1 Å². The van der Waals surface area contributed by atoms with E-state index in [1.807, 2.05) is 12.1 Å². The molecule has 0 spiro atoms. The van der Waals surface area contributed by atoms with Gasteiger partial charge in [0.2, 0.25) is 5.91 Å². The van der Waals surface area contributed by atoms with Crippen LogP contribution in [0.2, 0.25) is 0 Å². The number of morpholine rings is 1. The highest BCUT2D eigenvalue weighted by Gasteiger charge is 2.44. The molecule has 1 aromatic carbocycles. The third-order valence-electron chi connectivity index (χ3n) is 4.57. The molecule has 126 valence electrons. The lowest BCUT2D eigenvalue weighted by Gasteiger charge is -2.32. The number of nitrogens with zero attached hydrogens (tertiary/aromatic N) is 1. The second-order valence-corrected chi connectivity index (χ2v) is 7.10. The van der Waals surface area contributed by atoms with Crippen LogP contribution in [-0.4, -0.2) is 42.6 Å². The smallest absolute Gasteiger partial charge is 0.225 e. The number of rotatable bonds is 5. The Bertz CT molecular complexity index is 546. The number of carbonyl (C=O) groups is 1. The molecule has 0 aromatic heterocycles. The molecule has 1 amide bonds. The summed E-state index contributed by atoms with van der Waals surface area (Å²) in [7, 11) is 0. The van der Waals surface area contributed by atoms with E-state index in [4.69, 9.17) is 4.74 Å². The normalized spacial score (nSPS) is 27.4. The van der Waals surface area contributed by atoms with Crippen molar-refractivity contribution in [2.75, 3.05) is 19.6 Å². The Morgan fingerprint density at radius 2 is 2.09 bits per heavy atom. The van der Waals surface area contributed by atoms with E-state index in [-0.39, 0.29) is 29.9 Å². The van der Waals surface area contributed by atoms with Gasteiger partial charge in [0.15, 0.2) is 0 Å². The third kappa shape index (κ3) is 4.09. The van der Waals surface area contributed by atoms with Crippen molar-refractivity contribution in [2.24, 2.45) is 11.8 Å². The number of amides is 1. The van der Waals surface area contributed by atoms with Gasteiger partial charge in [0.25, 0.3) is 0 Å². The van der Waals surface area contributed by atoms with Crippen LogP contribution in [0.3, 0.4) is 0 Å². The molecule has 3 atom stereocenters. The third-order valence-corrected chi connectivity index (χ3v) is 4.57. The average Bonchev–Trinajstić information content (AvgIpc) is 2.82. The number of fused-ring (bicyclic) bond motifs is 2. The van der Waals surface area contributed by atoms with Crippen LogP contribution in [0.15, 0.2) is 24.3 Å². The quantitative estimate of drug-likeness (QED) is 0.904. The van der Waals surface area contributed by atoms with Gasteiger partial charge in [-0.1, -0.05) is 26.0 Å². The number of hydrogen-bond acceptors (Lipinski definition) is 3. The van der Waals surface area contributed by atoms with Crippen molar-refractivity contribution in [2.45, 2.75) is 39.0 Å². The maximum absolute atomic E-state index is 13.0. The predicted molar refractivity (Wildman–Crippen MR) is 86.3 cm³/mol. The molecule has 2 bridgehead atoms. The van der Waals surface area contributed by atoms with Crippen molar-refractivity contribution in [3.63, 3.8) is 0 Å². The molecule has 0 aliphatic carbocycles. The summed E-state index contributed by atoms with van der Waals surface area (Å²) < 4.78 is 19.0. The summed E-state index contributed by atoms with van der Waals surface area (Å²) in [5, 5.41) is 3.03. The summed E-state index contributed by atoms with van der Waals surface area (Å²) in [5.74, 6) is 0.320. The van der Waals surface area contributed by atoms with Crippen LogP contribution < -0.4 is 5.32 Å². The molecule has 2 aliphatic rings. The minimum Gasteiger partial charge on any atom is -0.371 e. The Balaban J connectivity index is 1.56. The maximum atomic E-state index is 13.0. The van der Waals surface area contributed by atoms with Gasteiger partial charge < -0.3 is 10.1 Å². The molecule has 0 saturated carbocycles. The highest BCUT2D eigenvalue weighted by atomic mass is 19.1. The lowest BCUT2D eigenvalue weighted by molar-refractivity contribution is -0.128. The fraction of sp³-hybridized carbons (Fsp3) is 0.611. The van der Waals surface area contributed by atoms with Gasteiger partial charge in [0, 0.05) is 26.2 Å². The molecule has 0 unspecified atom stereocenters. The topological polar surface area (TPSA) is 41.6 Å². The van der Waals surface area contributed by atoms with Crippen molar-refractivity contribution in [3.8, 4) is 0 Å². The number of nitrogens with one attached hydrogen (secondary N) is 1. The summed E-state index contributed by atoms with van der Waals surface area (Å²) in [5.41, 5.74) is 1.09. The highest BCUT2D eigenvalue weighted by Crippen LogP contribution is 2.32. The molecule has 2 saturated heterocycles. The van der Waals surface area contributed by atoms with Crippen molar-refractivity contribution < 1.29 is 13.9 Å². The standard InChI is InChI=1S/C18H25FN2O2/c1-12(2)8-20-18(22)16-7-15-10-21(11-17(16)23-15)9-13-3-5-14(19)6-4-13/h3-6,12,15-17H,7-11H2,1-2H3,(H,20,22)/t15-,16+,17-/m0/s1. The zero-order chi connectivity index (χ0) is 16.4. The molecule has 5 heteroatoms. The monoisotopic (exact) mass is 320 g/mol. The number of carbonyl (C=O) groups excluding carboxylic acids is 1. The molecule has 1 N–H and O–H groups in total. The van der Waals surface area contributed by atoms with E-state index >= 15 is 0 Å². The molecular weight excluding hydrogens is 295 g/mol. The average molecular weight is 320 g/mol. The van der Waals surface area contributed by atoms with Gasteiger partial charge in [0.05, 0.1) is 18.1 Å². The van der Waals surface area contributed by atoms with Crippen LogP contribution in [0.4, 0.5) is 4.39 Å². The lowest BCUT2D eigenvalue weighted by atomic mass is 9.99. The van der Waals surface area contributed by atoms with Gasteiger partial charge in [-0.3, -0.25) is 9.69 Å². The van der Waals surface area contributed by atoms with Gasteiger partial charge in [-0.15, -0.1) is 0 Å².